The Morgan fingerprint density at radius 2 is 1.92 bits per heavy atom. The van der Waals surface area contributed by atoms with Crippen LogP contribution in [-0.2, 0) is 6.54 Å². The van der Waals surface area contributed by atoms with Crippen LogP contribution in [0.15, 0.2) is 27.5 Å². The summed E-state index contributed by atoms with van der Waals surface area (Å²) in [6, 6.07) is 4.91. The second-order valence-corrected chi connectivity index (χ2v) is 5.99. The van der Waals surface area contributed by atoms with Gasteiger partial charge in [-0.3, -0.25) is 14.5 Å². The van der Waals surface area contributed by atoms with Crippen molar-refractivity contribution >= 4 is 5.91 Å². The Morgan fingerprint density at radius 3 is 2.58 bits per heavy atom. The van der Waals surface area contributed by atoms with Crippen molar-refractivity contribution in [2.75, 3.05) is 32.7 Å². The third-order valence-corrected chi connectivity index (χ3v) is 4.13. The molecule has 1 aliphatic heterocycles. The van der Waals surface area contributed by atoms with Crippen molar-refractivity contribution in [1.82, 2.24) is 24.7 Å². The lowest BCUT2D eigenvalue weighted by Crippen LogP contribution is -2.49. The third kappa shape index (κ3) is 3.70. The molecule has 0 aromatic carbocycles. The minimum absolute atomic E-state index is 0.0872. The van der Waals surface area contributed by atoms with Gasteiger partial charge in [-0.1, -0.05) is 5.16 Å². The molecule has 0 aliphatic carbocycles. The smallest absolute Gasteiger partial charge is 0.276 e. The number of hydrogen-bond donors (Lipinski definition) is 0. The molecule has 1 amide bonds. The summed E-state index contributed by atoms with van der Waals surface area (Å²) in [5.41, 5.74) is 1.10. The van der Waals surface area contributed by atoms with Gasteiger partial charge in [-0.05, 0) is 19.9 Å². The zero-order chi connectivity index (χ0) is 17.1. The zero-order valence-corrected chi connectivity index (χ0v) is 13.9. The van der Waals surface area contributed by atoms with Gasteiger partial charge >= 0.3 is 0 Å². The van der Waals surface area contributed by atoms with E-state index < -0.39 is 0 Å². The van der Waals surface area contributed by atoms with Gasteiger partial charge in [0.05, 0.1) is 12.2 Å². The van der Waals surface area contributed by atoms with E-state index in [0.29, 0.717) is 31.1 Å². The van der Waals surface area contributed by atoms with Crippen molar-refractivity contribution < 1.29 is 9.32 Å². The minimum Gasteiger partial charge on any atom is -0.361 e. The van der Waals surface area contributed by atoms with E-state index in [1.807, 2.05) is 6.92 Å². The maximum atomic E-state index is 12.3. The lowest BCUT2D eigenvalue weighted by atomic mass is 10.2. The van der Waals surface area contributed by atoms with Crippen molar-refractivity contribution in [3.05, 3.63) is 45.7 Å². The van der Waals surface area contributed by atoms with E-state index in [4.69, 9.17) is 4.52 Å². The number of hydrogen-bond acceptors (Lipinski definition) is 6. The van der Waals surface area contributed by atoms with Gasteiger partial charge in [-0.2, -0.15) is 5.10 Å². The first-order valence-corrected chi connectivity index (χ1v) is 8.02. The molecule has 3 heterocycles. The molecule has 0 N–H and O–H groups in total. The Labute approximate surface area is 139 Å². The SMILES string of the molecule is Cc1ccc(=O)n(CCN2CCN(C(=O)c3cc(C)on3)CC2)n1. The van der Waals surface area contributed by atoms with E-state index in [1.54, 1.807) is 30.0 Å². The van der Waals surface area contributed by atoms with Gasteiger partial charge in [0.25, 0.3) is 11.5 Å². The molecule has 3 rings (SSSR count). The topological polar surface area (TPSA) is 84.5 Å². The van der Waals surface area contributed by atoms with Gasteiger partial charge in [0.15, 0.2) is 5.69 Å². The summed E-state index contributed by atoms with van der Waals surface area (Å²) >= 11 is 0. The number of carbonyl (C=O) groups is 1. The van der Waals surface area contributed by atoms with E-state index in [0.717, 1.165) is 25.3 Å². The molecule has 0 bridgehead atoms. The Balaban J connectivity index is 1.51. The molecular formula is C16H21N5O3. The summed E-state index contributed by atoms with van der Waals surface area (Å²) in [5.74, 6) is 0.538. The Morgan fingerprint density at radius 1 is 1.17 bits per heavy atom. The highest BCUT2D eigenvalue weighted by Crippen LogP contribution is 2.09. The molecule has 128 valence electrons. The van der Waals surface area contributed by atoms with Crippen molar-refractivity contribution in [1.29, 1.82) is 0 Å². The third-order valence-electron chi connectivity index (χ3n) is 4.13. The standard InChI is InChI=1S/C16H21N5O3/c1-12-3-4-15(22)21(17-12)10-7-19-5-8-20(9-6-19)16(23)14-11-13(2)24-18-14/h3-4,11H,5-10H2,1-2H3. The molecule has 8 nitrogen and oxygen atoms in total. The van der Waals surface area contributed by atoms with Gasteiger partial charge in [-0.15, -0.1) is 0 Å². The maximum absolute atomic E-state index is 12.3. The average Bonchev–Trinajstić information content (AvgIpc) is 3.02. The molecule has 0 atom stereocenters. The molecule has 2 aromatic heterocycles. The molecule has 2 aromatic rings. The van der Waals surface area contributed by atoms with E-state index in [2.05, 4.69) is 15.2 Å². The van der Waals surface area contributed by atoms with Crippen LogP contribution in [0.4, 0.5) is 0 Å². The van der Waals surface area contributed by atoms with Crippen molar-refractivity contribution in [2.45, 2.75) is 20.4 Å². The second-order valence-electron chi connectivity index (χ2n) is 5.99. The molecule has 24 heavy (non-hydrogen) atoms. The molecule has 8 heteroatoms. The summed E-state index contributed by atoms with van der Waals surface area (Å²) < 4.78 is 6.45. The summed E-state index contributed by atoms with van der Waals surface area (Å²) in [6.07, 6.45) is 0. The molecule has 0 spiro atoms. The highest BCUT2D eigenvalue weighted by atomic mass is 16.5. The first kappa shape index (κ1) is 16.4. The largest absolute Gasteiger partial charge is 0.361 e. The number of carbonyl (C=O) groups excluding carboxylic acids is 1. The predicted octanol–water partition coefficient (Wildman–Crippen LogP) is 0.306. The van der Waals surface area contributed by atoms with Crippen LogP contribution in [0.25, 0.3) is 0 Å². The lowest BCUT2D eigenvalue weighted by Gasteiger charge is -2.34. The highest BCUT2D eigenvalue weighted by Gasteiger charge is 2.24. The average molecular weight is 331 g/mol. The summed E-state index contributed by atoms with van der Waals surface area (Å²) in [5, 5.41) is 8.01. The summed E-state index contributed by atoms with van der Waals surface area (Å²) in [4.78, 5) is 28.1. The van der Waals surface area contributed by atoms with Gasteiger partial charge in [-0.25, -0.2) is 4.68 Å². The minimum atomic E-state index is -0.0944. The molecule has 0 radical (unpaired) electrons. The summed E-state index contributed by atoms with van der Waals surface area (Å²) in [7, 11) is 0. The van der Waals surface area contributed by atoms with E-state index in [1.165, 1.54) is 4.68 Å². The van der Waals surface area contributed by atoms with Crippen molar-refractivity contribution in [3.63, 3.8) is 0 Å². The van der Waals surface area contributed by atoms with Crippen molar-refractivity contribution in [3.8, 4) is 0 Å². The van der Waals surface area contributed by atoms with Gasteiger partial charge < -0.3 is 9.42 Å². The van der Waals surface area contributed by atoms with Gasteiger partial charge in [0.1, 0.15) is 5.76 Å². The molecule has 0 unspecified atom stereocenters. The molecular weight excluding hydrogens is 310 g/mol. The number of nitrogens with zero attached hydrogens (tertiary/aromatic N) is 5. The number of rotatable bonds is 4. The van der Waals surface area contributed by atoms with Crippen LogP contribution in [0.5, 0.6) is 0 Å². The first-order valence-electron chi connectivity index (χ1n) is 8.02. The predicted molar refractivity (Wildman–Crippen MR) is 86.8 cm³/mol. The highest BCUT2D eigenvalue weighted by molar-refractivity contribution is 5.92. The Kier molecular flexibility index (Phi) is 4.75. The van der Waals surface area contributed by atoms with Gasteiger partial charge in [0, 0.05) is 44.9 Å². The van der Waals surface area contributed by atoms with Crippen LogP contribution in [-0.4, -0.2) is 63.4 Å². The lowest BCUT2D eigenvalue weighted by molar-refractivity contribution is 0.0621. The quantitative estimate of drug-likeness (QED) is 0.801. The maximum Gasteiger partial charge on any atom is 0.276 e. The van der Waals surface area contributed by atoms with Crippen LogP contribution in [0, 0.1) is 13.8 Å². The summed E-state index contributed by atoms with van der Waals surface area (Å²) in [6.45, 7) is 7.74. The Bertz CT molecular complexity index is 774. The van der Waals surface area contributed by atoms with Crippen LogP contribution >= 0.6 is 0 Å². The fraction of sp³-hybridized carbons (Fsp3) is 0.500. The normalized spacial score (nSPS) is 15.7. The van der Waals surface area contributed by atoms with E-state index in [-0.39, 0.29) is 11.5 Å². The number of amides is 1. The zero-order valence-electron chi connectivity index (χ0n) is 13.9. The van der Waals surface area contributed by atoms with Crippen LogP contribution in [0.3, 0.4) is 0 Å². The van der Waals surface area contributed by atoms with Gasteiger partial charge in [0.2, 0.25) is 0 Å². The number of piperazine rings is 1. The Hall–Kier alpha value is -2.48. The van der Waals surface area contributed by atoms with Crippen LogP contribution in [0.2, 0.25) is 0 Å². The number of aromatic nitrogens is 3. The molecule has 1 saturated heterocycles. The fourth-order valence-corrected chi connectivity index (χ4v) is 2.75. The molecule has 1 fully saturated rings. The van der Waals surface area contributed by atoms with E-state index in [9.17, 15) is 9.59 Å². The van der Waals surface area contributed by atoms with Crippen LogP contribution in [0.1, 0.15) is 21.9 Å². The monoisotopic (exact) mass is 331 g/mol. The van der Waals surface area contributed by atoms with Crippen molar-refractivity contribution in [2.24, 2.45) is 0 Å². The molecule has 1 aliphatic rings. The molecule has 0 saturated carbocycles. The first-order chi connectivity index (χ1) is 11.5. The van der Waals surface area contributed by atoms with E-state index >= 15 is 0 Å². The fourth-order valence-electron chi connectivity index (χ4n) is 2.75. The second kappa shape index (κ2) is 6.96. The van der Waals surface area contributed by atoms with Crippen LogP contribution < -0.4 is 5.56 Å². The number of aryl methyl sites for hydroxylation is 2.